The van der Waals surface area contributed by atoms with E-state index in [1.807, 2.05) is 13.0 Å². The van der Waals surface area contributed by atoms with Gasteiger partial charge < -0.3 is 8.98 Å². The lowest BCUT2D eigenvalue weighted by Crippen LogP contribution is -2.16. The Morgan fingerprint density at radius 2 is 1.97 bits per heavy atom. The van der Waals surface area contributed by atoms with Crippen LogP contribution in [0.1, 0.15) is 40.0 Å². The SMILES string of the molecule is CCc1ccccc1-n1c(C)cc(/C=N\NC(=O)c2cc3cc(Cl)ccc3o2)c1C. The zero-order valence-electron chi connectivity index (χ0n) is 17.1. The molecule has 0 unspecified atom stereocenters. The molecular weight excluding hydrogens is 398 g/mol. The second-order valence-corrected chi connectivity index (χ2v) is 7.57. The number of benzene rings is 2. The van der Waals surface area contributed by atoms with Crippen LogP contribution < -0.4 is 5.43 Å². The predicted molar refractivity (Wildman–Crippen MR) is 121 cm³/mol. The molecule has 2 aromatic carbocycles. The minimum Gasteiger partial charge on any atom is -0.451 e. The van der Waals surface area contributed by atoms with Crippen molar-refractivity contribution in [2.75, 3.05) is 0 Å². The van der Waals surface area contributed by atoms with Gasteiger partial charge in [-0.05, 0) is 62.2 Å². The van der Waals surface area contributed by atoms with Crippen LogP contribution in [0.25, 0.3) is 16.7 Å². The molecule has 4 aromatic rings. The van der Waals surface area contributed by atoms with Crippen LogP contribution in [0.3, 0.4) is 0 Å². The number of nitrogens with one attached hydrogen (secondary N) is 1. The molecule has 0 aliphatic heterocycles. The van der Waals surface area contributed by atoms with E-state index in [0.29, 0.717) is 10.6 Å². The Balaban J connectivity index is 1.55. The van der Waals surface area contributed by atoms with E-state index in [4.69, 9.17) is 16.0 Å². The summed E-state index contributed by atoms with van der Waals surface area (Å²) < 4.78 is 7.78. The molecule has 0 atom stereocenters. The fraction of sp³-hybridized carbons (Fsp3) is 0.167. The molecular formula is C24H22ClN3O2. The number of aromatic nitrogens is 1. The molecule has 0 fully saturated rings. The highest BCUT2D eigenvalue weighted by Crippen LogP contribution is 2.24. The first-order valence-electron chi connectivity index (χ1n) is 9.77. The quantitative estimate of drug-likeness (QED) is 0.327. The first-order chi connectivity index (χ1) is 14.5. The van der Waals surface area contributed by atoms with Gasteiger partial charge in [0, 0.05) is 33.0 Å². The van der Waals surface area contributed by atoms with E-state index in [0.717, 1.165) is 28.8 Å². The molecule has 2 aromatic heterocycles. The molecule has 0 spiro atoms. The lowest BCUT2D eigenvalue weighted by atomic mass is 10.1. The summed E-state index contributed by atoms with van der Waals surface area (Å²) in [7, 11) is 0. The molecule has 0 saturated carbocycles. The van der Waals surface area contributed by atoms with Crippen LogP contribution in [0.5, 0.6) is 0 Å². The molecule has 6 heteroatoms. The number of halogens is 1. The Hall–Kier alpha value is -3.31. The van der Waals surface area contributed by atoms with E-state index >= 15 is 0 Å². The van der Waals surface area contributed by atoms with Crippen molar-refractivity contribution in [3.8, 4) is 5.69 Å². The Kier molecular flexibility index (Phi) is 5.46. The average Bonchev–Trinajstić information content (AvgIpc) is 3.28. The van der Waals surface area contributed by atoms with Crippen molar-refractivity contribution < 1.29 is 9.21 Å². The molecule has 30 heavy (non-hydrogen) atoms. The van der Waals surface area contributed by atoms with E-state index in [-0.39, 0.29) is 5.76 Å². The standard InChI is InChI=1S/C24H22ClN3O2/c1-4-17-7-5-6-8-21(17)28-15(2)11-19(16(28)3)14-26-27-24(29)23-13-18-12-20(25)9-10-22(18)30-23/h5-14H,4H2,1-3H3,(H,27,29)/b26-14-. The van der Waals surface area contributed by atoms with E-state index in [9.17, 15) is 4.79 Å². The lowest BCUT2D eigenvalue weighted by Gasteiger charge is -2.13. The first-order valence-corrected chi connectivity index (χ1v) is 10.2. The maximum Gasteiger partial charge on any atom is 0.307 e. The normalized spacial score (nSPS) is 11.5. The van der Waals surface area contributed by atoms with Crippen molar-refractivity contribution in [3.05, 3.63) is 87.9 Å². The van der Waals surface area contributed by atoms with Crippen LogP contribution in [-0.4, -0.2) is 16.7 Å². The number of rotatable bonds is 5. The lowest BCUT2D eigenvalue weighted by molar-refractivity contribution is 0.0929. The van der Waals surface area contributed by atoms with Crippen molar-refractivity contribution in [1.82, 2.24) is 9.99 Å². The molecule has 0 bridgehead atoms. The van der Waals surface area contributed by atoms with E-state index < -0.39 is 5.91 Å². The molecule has 152 valence electrons. The Bertz CT molecular complexity index is 1270. The van der Waals surface area contributed by atoms with E-state index in [1.165, 1.54) is 11.3 Å². The number of nitrogens with zero attached hydrogens (tertiary/aromatic N) is 2. The van der Waals surface area contributed by atoms with Crippen LogP contribution in [0, 0.1) is 13.8 Å². The molecule has 0 aliphatic carbocycles. The number of hydrazone groups is 1. The van der Waals surface area contributed by atoms with Crippen LogP contribution in [0.4, 0.5) is 0 Å². The number of amides is 1. The summed E-state index contributed by atoms with van der Waals surface area (Å²) in [6, 6.07) is 17.3. The summed E-state index contributed by atoms with van der Waals surface area (Å²) in [5, 5.41) is 5.50. The van der Waals surface area contributed by atoms with Gasteiger partial charge in [0.1, 0.15) is 5.58 Å². The number of hydrogen-bond acceptors (Lipinski definition) is 3. The zero-order chi connectivity index (χ0) is 21.3. The van der Waals surface area contributed by atoms with Gasteiger partial charge in [-0.3, -0.25) is 4.79 Å². The molecule has 1 amide bonds. The highest BCUT2D eigenvalue weighted by molar-refractivity contribution is 6.31. The second-order valence-electron chi connectivity index (χ2n) is 7.14. The summed E-state index contributed by atoms with van der Waals surface area (Å²) in [6.45, 7) is 6.26. The number of carbonyl (C=O) groups is 1. The Morgan fingerprint density at radius 3 is 2.77 bits per heavy atom. The first kappa shape index (κ1) is 20.0. The molecule has 2 heterocycles. The Morgan fingerprint density at radius 1 is 1.17 bits per heavy atom. The fourth-order valence-corrected chi connectivity index (χ4v) is 3.84. The van der Waals surface area contributed by atoms with Crippen molar-refractivity contribution >= 4 is 34.7 Å². The van der Waals surface area contributed by atoms with Crippen LogP contribution in [0.2, 0.25) is 5.02 Å². The summed E-state index contributed by atoms with van der Waals surface area (Å²) in [5.41, 5.74) is 8.69. The Labute approximate surface area is 180 Å². The van der Waals surface area contributed by atoms with Gasteiger partial charge in [0.25, 0.3) is 0 Å². The van der Waals surface area contributed by atoms with Gasteiger partial charge in [-0.2, -0.15) is 5.10 Å². The molecule has 0 aliphatic rings. The number of hydrogen-bond donors (Lipinski definition) is 1. The van der Waals surface area contributed by atoms with Gasteiger partial charge in [0.15, 0.2) is 5.76 Å². The maximum atomic E-state index is 12.4. The highest BCUT2D eigenvalue weighted by atomic mass is 35.5. The van der Waals surface area contributed by atoms with Gasteiger partial charge in [-0.25, -0.2) is 5.43 Å². The third-order valence-electron chi connectivity index (χ3n) is 5.16. The van der Waals surface area contributed by atoms with Gasteiger partial charge in [0.2, 0.25) is 0 Å². The number of aryl methyl sites for hydroxylation is 2. The number of furan rings is 1. The number of para-hydroxylation sites is 1. The van der Waals surface area contributed by atoms with Crippen LogP contribution in [-0.2, 0) is 6.42 Å². The number of carbonyl (C=O) groups excluding carboxylic acids is 1. The summed E-state index contributed by atoms with van der Waals surface area (Å²) in [5.74, 6) is -0.226. The van der Waals surface area contributed by atoms with Gasteiger partial charge in [0.05, 0.1) is 6.21 Å². The van der Waals surface area contributed by atoms with Crippen molar-refractivity contribution in [2.24, 2.45) is 5.10 Å². The third-order valence-corrected chi connectivity index (χ3v) is 5.39. The van der Waals surface area contributed by atoms with Crippen molar-refractivity contribution in [3.63, 3.8) is 0 Å². The summed E-state index contributed by atoms with van der Waals surface area (Å²) >= 11 is 5.98. The fourth-order valence-electron chi connectivity index (χ4n) is 3.66. The molecule has 1 N–H and O–H groups in total. The molecule has 4 rings (SSSR count). The molecule has 0 radical (unpaired) electrons. The summed E-state index contributed by atoms with van der Waals surface area (Å²) in [4.78, 5) is 12.4. The minimum atomic E-state index is -0.413. The topological polar surface area (TPSA) is 59.5 Å². The highest BCUT2D eigenvalue weighted by Gasteiger charge is 2.13. The van der Waals surface area contributed by atoms with Gasteiger partial charge in [-0.1, -0.05) is 36.7 Å². The molecule has 5 nitrogen and oxygen atoms in total. The second kappa shape index (κ2) is 8.20. The number of fused-ring (bicyclic) bond motifs is 1. The summed E-state index contributed by atoms with van der Waals surface area (Å²) in [6.07, 6.45) is 2.61. The van der Waals surface area contributed by atoms with E-state index in [2.05, 4.69) is 53.2 Å². The van der Waals surface area contributed by atoms with Crippen molar-refractivity contribution in [2.45, 2.75) is 27.2 Å². The van der Waals surface area contributed by atoms with Crippen LogP contribution >= 0.6 is 11.6 Å². The monoisotopic (exact) mass is 419 g/mol. The van der Waals surface area contributed by atoms with Gasteiger partial charge >= 0.3 is 5.91 Å². The predicted octanol–water partition coefficient (Wildman–Crippen LogP) is 5.82. The van der Waals surface area contributed by atoms with E-state index in [1.54, 1.807) is 30.5 Å². The smallest absolute Gasteiger partial charge is 0.307 e. The zero-order valence-corrected chi connectivity index (χ0v) is 17.8. The maximum absolute atomic E-state index is 12.4. The van der Waals surface area contributed by atoms with Crippen LogP contribution in [0.15, 0.2) is 64.1 Å². The average molecular weight is 420 g/mol. The van der Waals surface area contributed by atoms with Crippen molar-refractivity contribution in [1.29, 1.82) is 0 Å². The van der Waals surface area contributed by atoms with Gasteiger partial charge in [-0.15, -0.1) is 0 Å². The largest absolute Gasteiger partial charge is 0.451 e. The minimum absolute atomic E-state index is 0.187. The molecule has 0 saturated heterocycles. The third kappa shape index (κ3) is 3.76.